The maximum absolute atomic E-state index is 5.71. The molecule has 3 rings (SSSR count). The Bertz CT molecular complexity index is 584. The molecule has 1 aromatic rings. The molecular formula is C19H28N2OS. The SMILES string of the molecule is CCOc1ccc(NC(=S)N2CC3(C)CC2CC(C)(C)C3)cc1. The molecule has 23 heavy (non-hydrogen) atoms. The Morgan fingerprint density at radius 3 is 2.61 bits per heavy atom. The van der Waals surface area contributed by atoms with Crippen molar-refractivity contribution < 1.29 is 4.74 Å². The summed E-state index contributed by atoms with van der Waals surface area (Å²) in [5.41, 5.74) is 1.85. The van der Waals surface area contributed by atoms with Crippen LogP contribution in [0.2, 0.25) is 0 Å². The number of ether oxygens (including phenoxy) is 1. The molecule has 1 saturated heterocycles. The Morgan fingerprint density at radius 2 is 1.96 bits per heavy atom. The summed E-state index contributed by atoms with van der Waals surface area (Å²) in [6, 6.07) is 8.62. The van der Waals surface area contributed by atoms with Crippen LogP contribution in [0.25, 0.3) is 0 Å². The molecule has 1 heterocycles. The molecule has 2 atom stereocenters. The van der Waals surface area contributed by atoms with Gasteiger partial charge in [0.15, 0.2) is 5.11 Å². The van der Waals surface area contributed by atoms with E-state index in [1.807, 2.05) is 31.2 Å². The van der Waals surface area contributed by atoms with Crippen LogP contribution in [0, 0.1) is 10.8 Å². The monoisotopic (exact) mass is 332 g/mol. The number of thiocarbonyl (C=S) groups is 1. The Morgan fingerprint density at radius 1 is 1.26 bits per heavy atom. The van der Waals surface area contributed by atoms with Crippen LogP contribution in [0.3, 0.4) is 0 Å². The number of benzene rings is 1. The predicted molar refractivity (Wildman–Crippen MR) is 100 cm³/mol. The van der Waals surface area contributed by atoms with E-state index in [0.717, 1.165) is 23.1 Å². The number of nitrogens with one attached hydrogen (secondary N) is 1. The average molecular weight is 333 g/mol. The van der Waals surface area contributed by atoms with Gasteiger partial charge in [0.2, 0.25) is 0 Å². The van der Waals surface area contributed by atoms with Crippen LogP contribution in [0.15, 0.2) is 24.3 Å². The second-order valence-electron chi connectivity index (χ2n) is 8.23. The fraction of sp³-hybridized carbons (Fsp3) is 0.632. The number of nitrogens with zero attached hydrogens (tertiary/aromatic N) is 1. The normalized spacial score (nSPS) is 28.5. The topological polar surface area (TPSA) is 24.5 Å². The molecule has 1 aliphatic carbocycles. The largest absolute Gasteiger partial charge is 0.494 e. The number of hydrogen-bond acceptors (Lipinski definition) is 2. The lowest BCUT2D eigenvalue weighted by atomic mass is 9.65. The van der Waals surface area contributed by atoms with E-state index >= 15 is 0 Å². The van der Waals surface area contributed by atoms with E-state index in [2.05, 4.69) is 31.0 Å². The highest BCUT2D eigenvalue weighted by atomic mass is 32.1. The molecule has 0 spiro atoms. The first-order valence-electron chi connectivity index (χ1n) is 8.61. The molecule has 3 nitrogen and oxygen atoms in total. The van der Waals surface area contributed by atoms with Gasteiger partial charge < -0.3 is 15.0 Å². The number of likely N-dealkylation sites (tertiary alicyclic amines) is 1. The highest BCUT2D eigenvalue weighted by Crippen LogP contribution is 2.52. The van der Waals surface area contributed by atoms with Crippen LogP contribution in [0.1, 0.15) is 47.0 Å². The van der Waals surface area contributed by atoms with Gasteiger partial charge in [0.25, 0.3) is 0 Å². The van der Waals surface area contributed by atoms with Crippen molar-refractivity contribution in [2.75, 3.05) is 18.5 Å². The zero-order valence-electron chi connectivity index (χ0n) is 14.7. The summed E-state index contributed by atoms with van der Waals surface area (Å²) < 4.78 is 5.49. The third-order valence-corrected chi connectivity index (χ3v) is 5.43. The third kappa shape index (κ3) is 3.63. The quantitative estimate of drug-likeness (QED) is 0.812. The van der Waals surface area contributed by atoms with Crippen molar-refractivity contribution >= 4 is 23.0 Å². The standard InChI is InChI=1S/C19H28N2OS/c1-5-22-16-8-6-14(7-9-16)20-17(23)21-13-19(4)11-15(21)10-18(2,3)12-19/h6-9,15H,5,10-13H2,1-4H3,(H,20,23). The lowest BCUT2D eigenvalue weighted by Crippen LogP contribution is -2.39. The van der Waals surface area contributed by atoms with Crippen LogP contribution < -0.4 is 10.1 Å². The Balaban J connectivity index is 1.67. The molecule has 2 bridgehead atoms. The zero-order valence-corrected chi connectivity index (χ0v) is 15.5. The lowest BCUT2D eigenvalue weighted by molar-refractivity contribution is 0.132. The van der Waals surface area contributed by atoms with Gasteiger partial charge >= 0.3 is 0 Å². The van der Waals surface area contributed by atoms with Gasteiger partial charge in [0.1, 0.15) is 5.75 Å². The smallest absolute Gasteiger partial charge is 0.173 e. The van der Waals surface area contributed by atoms with E-state index in [4.69, 9.17) is 17.0 Å². The molecule has 126 valence electrons. The summed E-state index contributed by atoms with van der Waals surface area (Å²) in [5.74, 6) is 0.898. The number of hydrogen-bond donors (Lipinski definition) is 1. The molecule has 1 aromatic carbocycles. The van der Waals surface area contributed by atoms with Crippen molar-refractivity contribution in [3.05, 3.63) is 24.3 Å². The summed E-state index contributed by atoms with van der Waals surface area (Å²) >= 11 is 5.71. The molecule has 1 saturated carbocycles. The number of fused-ring (bicyclic) bond motifs is 2. The highest BCUT2D eigenvalue weighted by molar-refractivity contribution is 7.80. The van der Waals surface area contributed by atoms with E-state index in [9.17, 15) is 0 Å². The van der Waals surface area contributed by atoms with Gasteiger partial charge in [0.05, 0.1) is 6.61 Å². The summed E-state index contributed by atoms with van der Waals surface area (Å²) in [7, 11) is 0. The summed E-state index contributed by atoms with van der Waals surface area (Å²) in [6.07, 6.45) is 3.79. The van der Waals surface area contributed by atoms with Crippen LogP contribution in [0.4, 0.5) is 5.69 Å². The molecule has 0 amide bonds. The first-order chi connectivity index (χ1) is 10.8. The van der Waals surface area contributed by atoms with E-state index in [-0.39, 0.29) is 0 Å². The molecule has 4 heteroatoms. The molecule has 2 fully saturated rings. The fourth-order valence-electron chi connectivity index (χ4n) is 4.69. The first kappa shape index (κ1) is 16.6. The van der Waals surface area contributed by atoms with Gasteiger partial charge in [-0.05, 0) is 73.5 Å². The van der Waals surface area contributed by atoms with Crippen molar-refractivity contribution in [2.24, 2.45) is 10.8 Å². The van der Waals surface area contributed by atoms with Crippen LogP contribution in [0.5, 0.6) is 5.75 Å². The van der Waals surface area contributed by atoms with E-state index in [1.54, 1.807) is 0 Å². The molecule has 2 unspecified atom stereocenters. The minimum Gasteiger partial charge on any atom is -0.494 e. The van der Waals surface area contributed by atoms with Crippen molar-refractivity contribution in [1.29, 1.82) is 0 Å². The fourth-order valence-corrected chi connectivity index (χ4v) is 5.03. The van der Waals surface area contributed by atoms with Crippen LogP contribution in [-0.2, 0) is 0 Å². The molecule has 2 aliphatic rings. The molecule has 0 aromatic heterocycles. The van der Waals surface area contributed by atoms with Crippen molar-refractivity contribution in [1.82, 2.24) is 4.90 Å². The van der Waals surface area contributed by atoms with Gasteiger partial charge in [-0.3, -0.25) is 0 Å². The molecule has 0 radical (unpaired) electrons. The summed E-state index contributed by atoms with van der Waals surface area (Å²) in [5, 5.41) is 4.27. The lowest BCUT2D eigenvalue weighted by Gasteiger charge is -2.39. The van der Waals surface area contributed by atoms with Crippen molar-refractivity contribution in [3.8, 4) is 5.75 Å². The van der Waals surface area contributed by atoms with Crippen molar-refractivity contribution in [2.45, 2.75) is 53.0 Å². The zero-order chi connectivity index (χ0) is 16.7. The minimum absolute atomic E-state index is 0.400. The Labute approximate surface area is 145 Å². The maximum Gasteiger partial charge on any atom is 0.173 e. The molecule has 1 aliphatic heterocycles. The van der Waals surface area contributed by atoms with E-state index in [1.165, 1.54) is 19.3 Å². The van der Waals surface area contributed by atoms with E-state index in [0.29, 0.717) is 23.5 Å². The third-order valence-electron chi connectivity index (χ3n) is 5.09. The summed E-state index contributed by atoms with van der Waals surface area (Å²) in [4.78, 5) is 2.42. The minimum atomic E-state index is 0.400. The van der Waals surface area contributed by atoms with Gasteiger partial charge in [-0.1, -0.05) is 20.8 Å². The summed E-state index contributed by atoms with van der Waals surface area (Å²) in [6.45, 7) is 11.0. The first-order valence-corrected chi connectivity index (χ1v) is 9.02. The van der Waals surface area contributed by atoms with Gasteiger partial charge in [-0.25, -0.2) is 0 Å². The predicted octanol–water partition coefficient (Wildman–Crippen LogP) is 4.68. The maximum atomic E-state index is 5.71. The van der Waals surface area contributed by atoms with E-state index < -0.39 is 0 Å². The average Bonchev–Trinajstić information content (AvgIpc) is 2.70. The van der Waals surface area contributed by atoms with Gasteiger partial charge in [0, 0.05) is 18.3 Å². The second-order valence-corrected chi connectivity index (χ2v) is 8.62. The van der Waals surface area contributed by atoms with Gasteiger partial charge in [-0.2, -0.15) is 0 Å². The van der Waals surface area contributed by atoms with Crippen molar-refractivity contribution in [3.63, 3.8) is 0 Å². The van der Waals surface area contributed by atoms with Gasteiger partial charge in [-0.15, -0.1) is 0 Å². The Hall–Kier alpha value is -1.29. The second kappa shape index (κ2) is 5.97. The molecular weight excluding hydrogens is 304 g/mol. The number of anilines is 1. The molecule has 1 N–H and O–H groups in total. The van der Waals surface area contributed by atoms with Crippen LogP contribution in [-0.4, -0.2) is 29.2 Å². The Kier molecular flexibility index (Phi) is 4.30. The highest BCUT2D eigenvalue weighted by Gasteiger charge is 2.50. The van der Waals surface area contributed by atoms with Crippen LogP contribution >= 0.6 is 12.2 Å². The number of rotatable bonds is 3.